The quantitative estimate of drug-likeness (QED) is 0.888. The molecule has 3 N–H and O–H groups in total. The van der Waals surface area contributed by atoms with E-state index in [1.54, 1.807) is 6.20 Å². The van der Waals surface area contributed by atoms with Gasteiger partial charge in [0.1, 0.15) is 5.52 Å². The first-order valence-corrected chi connectivity index (χ1v) is 7.68. The van der Waals surface area contributed by atoms with E-state index < -0.39 is 0 Å². The molecule has 0 amide bonds. The van der Waals surface area contributed by atoms with E-state index in [2.05, 4.69) is 56.1 Å². The van der Waals surface area contributed by atoms with Crippen LogP contribution in [0.15, 0.2) is 18.5 Å². The molecule has 116 valence electrons. The summed E-state index contributed by atoms with van der Waals surface area (Å²) < 4.78 is 1.89. The maximum atomic E-state index is 5.98. The van der Waals surface area contributed by atoms with E-state index in [0.717, 1.165) is 29.9 Å². The predicted molar refractivity (Wildman–Crippen MR) is 87.7 cm³/mol. The Labute approximate surface area is 126 Å². The lowest BCUT2D eigenvalue weighted by atomic mass is 9.92. The maximum Gasteiger partial charge on any atom is 0.152 e. The molecular formula is C16H27N5. The number of nitrogens with zero attached hydrogens (tertiary/aromatic N) is 3. The molecule has 0 spiro atoms. The Balaban J connectivity index is 2.47. The Morgan fingerprint density at radius 3 is 2.43 bits per heavy atom. The standard InChI is InChI=1S/C16H27N5/c1-6-16(7-2,11-17)19-14-12-10-13(15(3,4)5)20-21(12)9-8-18-14/h8-10H,6-7,11,17H2,1-5H3,(H,18,19). The molecule has 2 aromatic rings. The molecule has 0 aromatic carbocycles. The largest absolute Gasteiger partial charge is 0.362 e. The highest BCUT2D eigenvalue weighted by Crippen LogP contribution is 2.27. The third-order valence-corrected chi connectivity index (χ3v) is 4.29. The predicted octanol–water partition coefficient (Wildman–Crippen LogP) is 2.96. The molecule has 0 aliphatic carbocycles. The summed E-state index contributed by atoms with van der Waals surface area (Å²) in [6.45, 7) is 11.4. The third kappa shape index (κ3) is 3.02. The average Bonchev–Trinajstić information content (AvgIpc) is 2.90. The number of rotatable bonds is 5. The van der Waals surface area contributed by atoms with Crippen molar-refractivity contribution in [1.29, 1.82) is 0 Å². The van der Waals surface area contributed by atoms with Crippen LogP contribution < -0.4 is 11.1 Å². The van der Waals surface area contributed by atoms with E-state index in [1.807, 2.05) is 10.7 Å². The van der Waals surface area contributed by atoms with E-state index in [1.165, 1.54) is 0 Å². The van der Waals surface area contributed by atoms with E-state index in [9.17, 15) is 0 Å². The van der Waals surface area contributed by atoms with Crippen LogP contribution in [0, 0.1) is 0 Å². The first-order chi connectivity index (χ1) is 9.85. The van der Waals surface area contributed by atoms with Gasteiger partial charge in [-0.05, 0) is 18.9 Å². The molecule has 5 nitrogen and oxygen atoms in total. The first-order valence-electron chi connectivity index (χ1n) is 7.68. The fourth-order valence-corrected chi connectivity index (χ4v) is 2.40. The number of nitrogens with one attached hydrogen (secondary N) is 1. The average molecular weight is 289 g/mol. The zero-order valence-corrected chi connectivity index (χ0v) is 13.8. The second-order valence-corrected chi connectivity index (χ2v) is 6.70. The number of aromatic nitrogens is 3. The van der Waals surface area contributed by atoms with E-state index in [-0.39, 0.29) is 11.0 Å². The van der Waals surface area contributed by atoms with Gasteiger partial charge < -0.3 is 11.1 Å². The van der Waals surface area contributed by atoms with Crippen molar-refractivity contribution < 1.29 is 0 Å². The number of hydrogen-bond acceptors (Lipinski definition) is 4. The lowest BCUT2D eigenvalue weighted by molar-refractivity contribution is 0.444. The summed E-state index contributed by atoms with van der Waals surface area (Å²) >= 11 is 0. The van der Waals surface area contributed by atoms with Gasteiger partial charge in [-0.2, -0.15) is 5.10 Å². The van der Waals surface area contributed by atoms with Crippen LogP contribution in [0.2, 0.25) is 0 Å². The van der Waals surface area contributed by atoms with Crippen molar-refractivity contribution in [1.82, 2.24) is 14.6 Å². The van der Waals surface area contributed by atoms with Crippen LogP contribution in [0.1, 0.15) is 53.2 Å². The highest BCUT2D eigenvalue weighted by Gasteiger charge is 2.26. The monoisotopic (exact) mass is 289 g/mol. The number of nitrogens with two attached hydrogens (primary N) is 1. The highest BCUT2D eigenvalue weighted by molar-refractivity contribution is 5.69. The Morgan fingerprint density at radius 2 is 1.90 bits per heavy atom. The first kappa shape index (κ1) is 15.8. The van der Waals surface area contributed by atoms with Gasteiger partial charge in [0.15, 0.2) is 5.82 Å². The van der Waals surface area contributed by atoms with E-state index in [0.29, 0.717) is 6.54 Å². The van der Waals surface area contributed by atoms with Crippen molar-refractivity contribution in [3.8, 4) is 0 Å². The van der Waals surface area contributed by atoms with Gasteiger partial charge in [-0.1, -0.05) is 34.6 Å². The summed E-state index contributed by atoms with van der Waals surface area (Å²) in [7, 11) is 0. The fourth-order valence-electron chi connectivity index (χ4n) is 2.40. The van der Waals surface area contributed by atoms with Crippen LogP contribution in [0.25, 0.3) is 5.52 Å². The molecular weight excluding hydrogens is 262 g/mol. The molecule has 0 saturated heterocycles. The SMILES string of the molecule is CCC(CC)(CN)Nc1nccn2nc(C(C)(C)C)cc12. The fraction of sp³-hybridized carbons (Fsp3) is 0.625. The van der Waals surface area contributed by atoms with Crippen LogP contribution in [0.4, 0.5) is 5.82 Å². The molecule has 21 heavy (non-hydrogen) atoms. The Bertz CT molecular complexity index is 596. The van der Waals surface area contributed by atoms with Gasteiger partial charge in [-0.15, -0.1) is 0 Å². The van der Waals surface area contributed by atoms with Crippen LogP contribution in [0.5, 0.6) is 0 Å². The molecule has 0 aliphatic rings. The Kier molecular flexibility index (Phi) is 4.23. The molecule has 2 rings (SSSR count). The smallest absolute Gasteiger partial charge is 0.152 e. The molecule has 0 radical (unpaired) electrons. The highest BCUT2D eigenvalue weighted by atomic mass is 15.2. The molecule has 5 heteroatoms. The maximum absolute atomic E-state index is 5.98. The van der Waals surface area contributed by atoms with Crippen molar-refractivity contribution >= 4 is 11.3 Å². The molecule has 0 fully saturated rings. The van der Waals surface area contributed by atoms with Gasteiger partial charge >= 0.3 is 0 Å². The van der Waals surface area contributed by atoms with Gasteiger partial charge in [0.05, 0.1) is 11.2 Å². The number of hydrogen-bond donors (Lipinski definition) is 2. The summed E-state index contributed by atoms with van der Waals surface area (Å²) in [6.07, 6.45) is 5.59. The van der Waals surface area contributed by atoms with Gasteiger partial charge in [0, 0.05) is 24.4 Å². The molecule has 0 atom stereocenters. The van der Waals surface area contributed by atoms with Crippen molar-refractivity contribution in [3.63, 3.8) is 0 Å². The van der Waals surface area contributed by atoms with Gasteiger partial charge in [0.2, 0.25) is 0 Å². The summed E-state index contributed by atoms with van der Waals surface area (Å²) in [5.74, 6) is 0.856. The second-order valence-electron chi connectivity index (χ2n) is 6.70. The Morgan fingerprint density at radius 1 is 1.24 bits per heavy atom. The molecule has 2 aromatic heterocycles. The molecule has 0 aliphatic heterocycles. The summed E-state index contributed by atoms with van der Waals surface area (Å²) in [4.78, 5) is 4.50. The third-order valence-electron chi connectivity index (χ3n) is 4.29. The molecule has 0 bridgehead atoms. The topological polar surface area (TPSA) is 68.2 Å². The summed E-state index contributed by atoms with van der Waals surface area (Å²) in [6, 6.07) is 2.11. The normalized spacial score (nSPS) is 12.9. The van der Waals surface area contributed by atoms with Gasteiger partial charge in [-0.3, -0.25) is 0 Å². The zero-order valence-electron chi connectivity index (χ0n) is 13.8. The minimum Gasteiger partial charge on any atom is -0.362 e. The lowest BCUT2D eigenvalue weighted by Gasteiger charge is -2.32. The van der Waals surface area contributed by atoms with Crippen molar-refractivity contribution in [2.75, 3.05) is 11.9 Å². The molecule has 0 saturated carbocycles. The van der Waals surface area contributed by atoms with Crippen LogP contribution in [0.3, 0.4) is 0 Å². The van der Waals surface area contributed by atoms with Gasteiger partial charge in [-0.25, -0.2) is 9.50 Å². The minimum absolute atomic E-state index is 0.0176. The molecule has 0 unspecified atom stereocenters. The van der Waals surface area contributed by atoms with E-state index in [4.69, 9.17) is 5.73 Å². The second kappa shape index (κ2) is 5.64. The lowest BCUT2D eigenvalue weighted by Crippen LogP contribution is -2.44. The summed E-state index contributed by atoms with van der Waals surface area (Å²) in [5.41, 5.74) is 7.95. The van der Waals surface area contributed by atoms with Crippen molar-refractivity contribution in [2.45, 2.75) is 58.4 Å². The van der Waals surface area contributed by atoms with Crippen molar-refractivity contribution in [3.05, 3.63) is 24.2 Å². The number of fused-ring (bicyclic) bond motifs is 1. The summed E-state index contributed by atoms with van der Waals surface area (Å²) in [5, 5.41) is 8.21. The van der Waals surface area contributed by atoms with Gasteiger partial charge in [0.25, 0.3) is 0 Å². The molecule has 2 heterocycles. The van der Waals surface area contributed by atoms with Crippen molar-refractivity contribution in [2.24, 2.45) is 5.73 Å². The van der Waals surface area contributed by atoms with Crippen LogP contribution in [-0.2, 0) is 5.41 Å². The van der Waals surface area contributed by atoms with Crippen LogP contribution >= 0.6 is 0 Å². The number of anilines is 1. The van der Waals surface area contributed by atoms with E-state index >= 15 is 0 Å². The Hall–Kier alpha value is -1.62. The van der Waals surface area contributed by atoms with Crippen LogP contribution in [-0.4, -0.2) is 26.7 Å². The minimum atomic E-state index is -0.110. The zero-order chi connectivity index (χ0) is 15.7.